The topological polar surface area (TPSA) is 59.8 Å². The number of thiazole rings is 1. The summed E-state index contributed by atoms with van der Waals surface area (Å²) in [6.45, 7) is 4.40. The van der Waals surface area contributed by atoms with Crippen LogP contribution in [0.3, 0.4) is 0 Å². The standard InChI is InChI=1S/C16H18N4OS2/c1-10-12(9-18-20(10)3)8-17-15(21)11(2)22-16-19-13-6-4-5-7-14(13)23-16/h4-7,9,11H,8H2,1-3H3,(H,17,21)/t11-/m0/s1. The maximum absolute atomic E-state index is 12.3. The number of nitrogens with one attached hydrogen (secondary N) is 1. The minimum absolute atomic E-state index is 0.0116. The predicted octanol–water partition coefficient (Wildman–Crippen LogP) is 3.14. The largest absolute Gasteiger partial charge is 0.351 e. The fourth-order valence-corrected chi connectivity index (χ4v) is 4.39. The average molecular weight is 346 g/mol. The molecule has 2 heterocycles. The Morgan fingerprint density at radius 3 is 2.91 bits per heavy atom. The van der Waals surface area contributed by atoms with Crippen molar-refractivity contribution < 1.29 is 4.79 Å². The first-order valence-corrected chi connectivity index (χ1v) is 9.01. The molecule has 0 saturated carbocycles. The van der Waals surface area contributed by atoms with Gasteiger partial charge in [-0.2, -0.15) is 5.10 Å². The zero-order chi connectivity index (χ0) is 16.4. The maximum atomic E-state index is 12.3. The summed E-state index contributed by atoms with van der Waals surface area (Å²) in [6, 6.07) is 8.02. The molecule has 1 amide bonds. The third kappa shape index (κ3) is 3.56. The lowest BCUT2D eigenvalue weighted by molar-refractivity contribution is -0.120. The zero-order valence-electron chi connectivity index (χ0n) is 13.2. The van der Waals surface area contributed by atoms with Crippen LogP contribution < -0.4 is 5.32 Å². The molecular formula is C16H18N4OS2. The molecule has 1 N–H and O–H groups in total. The van der Waals surface area contributed by atoms with E-state index in [1.54, 1.807) is 22.2 Å². The van der Waals surface area contributed by atoms with Gasteiger partial charge in [0, 0.05) is 24.8 Å². The molecule has 2 aromatic heterocycles. The number of para-hydroxylation sites is 1. The van der Waals surface area contributed by atoms with Gasteiger partial charge in [0.1, 0.15) is 0 Å². The van der Waals surface area contributed by atoms with Crippen LogP contribution in [-0.2, 0) is 18.4 Å². The number of nitrogens with zero attached hydrogens (tertiary/aromatic N) is 3. The van der Waals surface area contributed by atoms with Crippen molar-refractivity contribution in [3.8, 4) is 0 Å². The summed E-state index contributed by atoms with van der Waals surface area (Å²) in [5.41, 5.74) is 3.09. The molecule has 0 saturated heterocycles. The van der Waals surface area contributed by atoms with E-state index < -0.39 is 0 Å². The summed E-state index contributed by atoms with van der Waals surface area (Å²) in [5.74, 6) is 0.0116. The molecule has 0 bridgehead atoms. The Hall–Kier alpha value is -1.86. The second-order valence-electron chi connectivity index (χ2n) is 5.30. The minimum Gasteiger partial charge on any atom is -0.351 e. The minimum atomic E-state index is -0.187. The molecule has 0 unspecified atom stereocenters. The van der Waals surface area contributed by atoms with E-state index in [1.807, 2.05) is 45.2 Å². The zero-order valence-corrected chi connectivity index (χ0v) is 14.9. The van der Waals surface area contributed by atoms with Crippen molar-refractivity contribution in [2.24, 2.45) is 7.05 Å². The number of aryl methyl sites for hydroxylation is 1. The first kappa shape index (κ1) is 16.0. The van der Waals surface area contributed by atoms with Crippen LogP contribution >= 0.6 is 23.1 Å². The number of hydrogen-bond acceptors (Lipinski definition) is 5. The summed E-state index contributed by atoms with van der Waals surface area (Å²) in [5, 5.41) is 6.97. The Morgan fingerprint density at radius 1 is 1.43 bits per heavy atom. The van der Waals surface area contributed by atoms with Crippen molar-refractivity contribution in [2.45, 2.75) is 30.0 Å². The Labute approximate surface area is 143 Å². The van der Waals surface area contributed by atoms with Gasteiger partial charge in [-0.1, -0.05) is 23.9 Å². The van der Waals surface area contributed by atoms with E-state index in [9.17, 15) is 4.79 Å². The molecule has 23 heavy (non-hydrogen) atoms. The number of aromatic nitrogens is 3. The molecule has 0 spiro atoms. The van der Waals surface area contributed by atoms with Gasteiger partial charge in [0.25, 0.3) is 0 Å². The molecular weight excluding hydrogens is 328 g/mol. The number of carbonyl (C=O) groups is 1. The van der Waals surface area contributed by atoms with E-state index in [0.29, 0.717) is 6.54 Å². The van der Waals surface area contributed by atoms with Crippen LogP contribution in [0.15, 0.2) is 34.8 Å². The van der Waals surface area contributed by atoms with Gasteiger partial charge >= 0.3 is 0 Å². The first-order valence-electron chi connectivity index (χ1n) is 7.32. The van der Waals surface area contributed by atoms with Crippen LogP contribution in [0, 0.1) is 6.92 Å². The Balaban J connectivity index is 1.60. The number of amides is 1. The van der Waals surface area contributed by atoms with Crippen molar-refractivity contribution in [2.75, 3.05) is 0 Å². The van der Waals surface area contributed by atoms with Crippen molar-refractivity contribution in [3.63, 3.8) is 0 Å². The molecule has 120 valence electrons. The summed E-state index contributed by atoms with van der Waals surface area (Å²) < 4.78 is 3.88. The number of carbonyl (C=O) groups excluding carboxylic acids is 1. The molecule has 3 aromatic rings. The lowest BCUT2D eigenvalue weighted by Gasteiger charge is -2.10. The number of thioether (sulfide) groups is 1. The molecule has 0 aliphatic rings. The lowest BCUT2D eigenvalue weighted by Crippen LogP contribution is -2.30. The van der Waals surface area contributed by atoms with Gasteiger partial charge in [0.05, 0.1) is 21.7 Å². The predicted molar refractivity (Wildman–Crippen MR) is 94.7 cm³/mol. The van der Waals surface area contributed by atoms with E-state index in [0.717, 1.165) is 25.8 Å². The number of fused-ring (bicyclic) bond motifs is 1. The van der Waals surface area contributed by atoms with E-state index in [4.69, 9.17) is 0 Å². The van der Waals surface area contributed by atoms with Crippen LogP contribution in [0.1, 0.15) is 18.2 Å². The van der Waals surface area contributed by atoms with E-state index in [1.165, 1.54) is 11.8 Å². The summed E-state index contributed by atoms with van der Waals surface area (Å²) in [6.07, 6.45) is 1.79. The molecule has 0 aliphatic heterocycles. The highest BCUT2D eigenvalue weighted by Crippen LogP contribution is 2.31. The van der Waals surface area contributed by atoms with Crippen LogP contribution in [-0.4, -0.2) is 25.9 Å². The fraction of sp³-hybridized carbons (Fsp3) is 0.312. The van der Waals surface area contributed by atoms with E-state index in [-0.39, 0.29) is 11.2 Å². The lowest BCUT2D eigenvalue weighted by atomic mass is 10.2. The van der Waals surface area contributed by atoms with Gasteiger partial charge in [-0.05, 0) is 26.0 Å². The SMILES string of the molecule is Cc1c(CNC(=O)[C@H](C)Sc2nc3ccccc3s2)cnn1C. The number of rotatable bonds is 5. The molecule has 7 heteroatoms. The van der Waals surface area contributed by atoms with Gasteiger partial charge < -0.3 is 5.32 Å². The van der Waals surface area contributed by atoms with Gasteiger partial charge in [-0.3, -0.25) is 9.48 Å². The second-order valence-corrected chi connectivity index (χ2v) is 7.92. The Kier molecular flexibility index (Phi) is 4.68. The monoisotopic (exact) mass is 346 g/mol. The van der Waals surface area contributed by atoms with Crippen LogP contribution in [0.4, 0.5) is 0 Å². The fourth-order valence-electron chi connectivity index (χ4n) is 2.15. The summed E-state index contributed by atoms with van der Waals surface area (Å²) in [7, 11) is 1.90. The van der Waals surface area contributed by atoms with Gasteiger partial charge in [0.2, 0.25) is 5.91 Å². The number of benzene rings is 1. The third-order valence-corrected chi connectivity index (χ3v) is 5.94. The van der Waals surface area contributed by atoms with Crippen molar-refractivity contribution >= 4 is 39.2 Å². The highest BCUT2D eigenvalue weighted by Gasteiger charge is 2.17. The third-order valence-electron chi connectivity index (χ3n) is 3.71. The molecule has 5 nitrogen and oxygen atoms in total. The van der Waals surface area contributed by atoms with Crippen molar-refractivity contribution in [1.82, 2.24) is 20.1 Å². The van der Waals surface area contributed by atoms with E-state index >= 15 is 0 Å². The average Bonchev–Trinajstić information content (AvgIpc) is 3.09. The molecule has 1 aromatic carbocycles. The van der Waals surface area contributed by atoms with Crippen LogP contribution in [0.2, 0.25) is 0 Å². The highest BCUT2D eigenvalue weighted by atomic mass is 32.2. The van der Waals surface area contributed by atoms with Gasteiger partial charge in [-0.25, -0.2) is 4.98 Å². The van der Waals surface area contributed by atoms with Crippen molar-refractivity contribution in [1.29, 1.82) is 0 Å². The highest BCUT2D eigenvalue weighted by molar-refractivity contribution is 8.02. The quantitative estimate of drug-likeness (QED) is 0.721. The summed E-state index contributed by atoms with van der Waals surface area (Å²) >= 11 is 3.12. The smallest absolute Gasteiger partial charge is 0.233 e. The van der Waals surface area contributed by atoms with Crippen molar-refractivity contribution in [3.05, 3.63) is 41.7 Å². The molecule has 0 radical (unpaired) electrons. The molecule has 0 aliphatic carbocycles. The van der Waals surface area contributed by atoms with Crippen LogP contribution in [0.5, 0.6) is 0 Å². The normalized spacial score (nSPS) is 12.5. The maximum Gasteiger partial charge on any atom is 0.233 e. The number of hydrogen-bond donors (Lipinski definition) is 1. The molecule has 1 atom stereocenters. The second kappa shape index (κ2) is 6.72. The summed E-state index contributed by atoms with van der Waals surface area (Å²) in [4.78, 5) is 16.8. The molecule has 0 fully saturated rings. The first-order chi connectivity index (χ1) is 11.0. The van der Waals surface area contributed by atoms with Crippen LogP contribution in [0.25, 0.3) is 10.2 Å². The van der Waals surface area contributed by atoms with Gasteiger partial charge in [0.15, 0.2) is 4.34 Å². The Morgan fingerprint density at radius 2 is 2.22 bits per heavy atom. The molecule has 3 rings (SSSR count). The van der Waals surface area contributed by atoms with E-state index in [2.05, 4.69) is 15.4 Å². The van der Waals surface area contributed by atoms with Gasteiger partial charge in [-0.15, -0.1) is 11.3 Å². The Bertz CT molecular complexity index is 807.